The summed E-state index contributed by atoms with van der Waals surface area (Å²) in [6.07, 6.45) is 0. The molecule has 1 fully saturated rings. The molecule has 3 aliphatic rings. The fraction of sp³-hybridized carbons (Fsp3) is 0.467. The number of sulfone groups is 1. The van der Waals surface area contributed by atoms with E-state index in [-0.39, 0.29) is 36.2 Å². The Morgan fingerprint density at radius 3 is 2.92 bits per heavy atom. The van der Waals surface area contributed by atoms with Gasteiger partial charge in [0.1, 0.15) is 5.78 Å². The summed E-state index contributed by atoms with van der Waals surface area (Å²) in [4.78, 5) is 17.8. The lowest BCUT2D eigenvalue weighted by molar-refractivity contribution is -0.114. The van der Waals surface area contributed by atoms with Crippen LogP contribution in [0.5, 0.6) is 11.5 Å². The van der Waals surface area contributed by atoms with Gasteiger partial charge >= 0.3 is 0 Å². The van der Waals surface area contributed by atoms with E-state index >= 15 is 0 Å². The van der Waals surface area contributed by atoms with Gasteiger partial charge in [-0.2, -0.15) is 0 Å². The number of Topliss-reactive ketones (excluding diaryl/α,β-unsaturated/α-hetero) is 1. The average Bonchev–Trinajstić information content (AvgIpc) is 3.15. The van der Waals surface area contributed by atoms with Gasteiger partial charge in [-0.1, -0.05) is 11.8 Å². The molecule has 1 aromatic rings. The molecule has 0 aliphatic carbocycles. The van der Waals surface area contributed by atoms with Crippen molar-refractivity contribution in [3.8, 4) is 11.5 Å². The molecule has 0 spiro atoms. The molecule has 0 amide bonds. The fourth-order valence-corrected chi connectivity index (χ4v) is 5.90. The van der Waals surface area contributed by atoms with Crippen LogP contribution >= 0.6 is 11.8 Å². The number of carbonyl (C=O) groups is 1. The molecule has 0 N–H and O–H groups in total. The van der Waals surface area contributed by atoms with E-state index < -0.39 is 9.84 Å². The number of anilines is 1. The van der Waals surface area contributed by atoms with Crippen LogP contribution in [-0.4, -0.2) is 55.5 Å². The Bertz CT molecular complexity index is 836. The zero-order chi connectivity index (χ0) is 16.9. The molecule has 2 atom stereocenters. The summed E-state index contributed by atoms with van der Waals surface area (Å²) in [6.45, 7) is 1.71. The predicted octanol–water partition coefficient (Wildman–Crippen LogP) is 1.08. The van der Waals surface area contributed by atoms with Gasteiger partial charge in [0.25, 0.3) is 0 Å². The molecule has 128 valence electrons. The summed E-state index contributed by atoms with van der Waals surface area (Å²) in [5.74, 6) is 1.79. The van der Waals surface area contributed by atoms with Crippen molar-refractivity contribution >= 4 is 38.2 Å². The monoisotopic (exact) mass is 368 g/mol. The Hall–Kier alpha value is -1.74. The minimum absolute atomic E-state index is 0.0537. The number of thioether (sulfide) groups is 1. The van der Waals surface area contributed by atoms with E-state index in [4.69, 9.17) is 9.47 Å². The average molecular weight is 368 g/mol. The van der Waals surface area contributed by atoms with Crippen molar-refractivity contribution in [2.45, 2.75) is 19.0 Å². The highest BCUT2D eigenvalue weighted by Crippen LogP contribution is 2.40. The van der Waals surface area contributed by atoms with E-state index in [9.17, 15) is 13.2 Å². The zero-order valence-electron chi connectivity index (χ0n) is 13.0. The molecule has 0 saturated carbocycles. The van der Waals surface area contributed by atoms with Gasteiger partial charge in [-0.25, -0.2) is 8.42 Å². The van der Waals surface area contributed by atoms with Crippen LogP contribution in [0.15, 0.2) is 23.2 Å². The van der Waals surface area contributed by atoms with E-state index in [1.165, 1.54) is 18.7 Å². The molecular formula is C15H16N2O5S2. The summed E-state index contributed by atoms with van der Waals surface area (Å²) in [5.41, 5.74) is 0.804. The number of ether oxygens (including phenoxy) is 2. The SMILES string of the molecule is CC(=O)CSC1=N[C@@H]2CS(=O)(=O)C[C@H]2N1c1ccc2c(c1)OCO2. The lowest BCUT2D eigenvalue weighted by Gasteiger charge is -2.26. The lowest BCUT2D eigenvalue weighted by Crippen LogP contribution is -2.39. The van der Waals surface area contributed by atoms with Crippen molar-refractivity contribution in [1.29, 1.82) is 0 Å². The predicted molar refractivity (Wildman–Crippen MR) is 91.8 cm³/mol. The molecule has 3 aliphatic heterocycles. The number of hydrogen-bond donors (Lipinski definition) is 0. The van der Waals surface area contributed by atoms with Gasteiger partial charge in [0.2, 0.25) is 6.79 Å². The highest BCUT2D eigenvalue weighted by atomic mass is 32.2. The molecule has 0 bridgehead atoms. The van der Waals surface area contributed by atoms with Crippen LogP contribution in [0.4, 0.5) is 5.69 Å². The third-order valence-electron chi connectivity index (χ3n) is 4.15. The van der Waals surface area contributed by atoms with Crippen molar-refractivity contribution < 1.29 is 22.7 Å². The maximum atomic E-state index is 12.0. The van der Waals surface area contributed by atoms with Crippen molar-refractivity contribution in [2.75, 3.05) is 29.0 Å². The molecular weight excluding hydrogens is 352 g/mol. The van der Waals surface area contributed by atoms with Crippen LogP contribution in [0.1, 0.15) is 6.92 Å². The molecule has 0 radical (unpaired) electrons. The topological polar surface area (TPSA) is 85.3 Å². The fourth-order valence-electron chi connectivity index (χ4n) is 3.14. The van der Waals surface area contributed by atoms with Gasteiger partial charge in [0.15, 0.2) is 26.5 Å². The minimum Gasteiger partial charge on any atom is -0.454 e. The standard InChI is InChI=1S/C15H16N2O5S2/c1-9(18)5-23-15-16-11-6-24(19,20)7-12(11)17(15)10-2-3-13-14(4-10)22-8-21-13/h2-4,11-12H,5-8H2,1H3/t11-,12-/m1/s1. The van der Waals surface area contributed by atoms with Crippen LogP contribution in [0.25, 0.3) is 0 Å². The molecule has 0 unspecified atom stereocenters. The second-order valence-corrected chi connectivity index (χ2v) is 9.12. The Balaban J connectivity index is 1.69. The second kappa shape index (κ2) is 5.66. The summed E-state index contributed by atoms with van der Waals surface area (Å²) in [6, 6.07) is 4.99. The quantitative estimate of drug-likeness (QED) is 0.789. The maximum absolute atomic E-state index is 12.0. The number of rotatable bonds is 3. The van der Waals surface area contributed by atoms with Crippen LogP contribution in [0.3, 0.4) is 0 Å². The van der Waals surface area contributed by atoms with Crippen molar-refractivity contribution in [3.05, 3.63) is 18.2 Å². The Morgan fingerprint density at radius 2 is 2.12 bits per heavy atom. The number of ketones is 1. The van der Waals surface area contributed by atoms with Gasteiger partial charge in [0.05, 0.1) is 29.3 Å². The highest BCUT2D eigenvalue weighted by molar-refractivity contribution is 8.14. The van der Waals surface area contributed by atoms with Crippen LogP contribution in [0, 0.1) is 0 Å². The van der Waals surface area contributed by atoms with Crippen LogP contribution < -0.4 is 14.4 Å². The Labute approximate surface area is 143 Å². The van der Waals surface area contributed by atoms with Gasteiger partial charge in [-0.3, -0.25) is 9.79 Å². The largest absolute Gasteiger partial charge is 0.454 e. The molecule has 24 heavy (non-hydrogen) atoms. The number of carbonyl (C=O) groups excluding carboxylic acids is 1. The summed E-state index contributed by atoms with van der Waals surface area (Å²) < 4.78 is 34.7. The number of aliphatic imine (C=N–C) groups is 1. The summed E-state index contributed by atoms with van der Waals surface area (Å²) in [5, 5.41) is 0.689. The molecule has 1 saturated heterocycles. The van der Waals surface area contributed by atoms with Crippen LogP contribution in [-0.2, 0) is 14.6 Å². The normalized spacial score (nSPS) is 26.4. The van der Waals surface area contributed by atoms with Gasteiger partial charge < -0.3 is 14.4 Å². The first-order chi connectivity index (χ1) is 11.4. The third-order valence-corrected chi connectivity index (χ3v) is 6.96. The second-order valence-electron chi connectivity index (χ2n) is 6.02. The number of benzene rings is 1. The highest BCUT2D eigenvalue weighted by Gasteiger charge is 2.47. The first kappa shape index (κ1) is 15.8. The lowest BCUT2D eigenvalue weighted by atomic mass is 10.1. The number of nitrogens with zero attached hydrogens (tertiary/aromatic N) is 2. The van der Waals surface area contributed by atoms with E-state index in [0.29, 0.717) is 22.4 Å². The smallest absolute Gasteiger partial charge is 0.231 e. The van der Waals surface area contributed by atoms with Crippen molar-refractivity contribution in [1.82, 2.24) is 0 Å². The van der Waals surface area contributed by atoms with Gasteiger partial charge in [0, 0.05) is 11.8 Å². The van der Waals surface area contributed by atoms with Crippen molar-refractivity contribution in [2.24, 2.45) is 4.99 Å². The molecule has 9 heteroatoms. The zero-order valence-corrected chi connectivity index (χ0v) is 14.6. The van der Waals surface area contributed by atoms with E-state index in [1.807, 2.05) is 23.1 Å². The molecule has 1 aromatic carbocycles. The third kappa shape index (κ3) is 2.75. The summed E-state index contributed by atoms with van der Waals surface area (Å²) in [7, 11) is -3.09. The first-order valence-corrected chi connectivity index (χ1v) is 10.3. The van der Waals surface area contributed by atoms with Crippen LogP contribution in [0.2, 0.25) is 0 Å². The molecule has 3 heterocycles. The molecule has 7 nitrogen and oxygen atoms in total. The van der Waals surface area contributed by atoms with E-state index in [2.05, 4.69) is 4.99 Å². The molecule has 4 rings (SSSR count). The number of amidine groups is 1. The number of hydrogen-bond acceptors (Lipinski definition) is 8. The van der Waals surface area contributed by atoms with Crippen molar-refractivity contribution in [3.63, 3.8) is 0 Å². The minimum atomic E-state index is -3.09. The maximum Gasteiger partial charge on any atom is 0.231 e. The summed E-state index contributed by atoms with van der Waals surface area (Å²) >= 11 is 1.34. The first-order valence-electron chi connectivity index (χ1n) is 7.52. The van der Waals surface area contributed by atoms with E-state index in [0.717, 1.165) is 5.69 Å². The van der Waals surface area contributed by atoms with Gasteiger partial charge in [-0.15, -0.1) is 0 Å². The van der Waals surface area contributed by atoms with Gasteiger partial charge in [-0.05, 0) is 19.1 Å². The number of fused-ring (bicyclic) bond motifs is 2. The molecule has 0 aromatic heterocycles. The Kier molecular flexibility index (Phi) is 3.72. The Morgan fingerprint density at radius 1 is 1.33 bits per heavy atom. The van der Waals surface area contributed by atoms with E-state index in [1.54, 1.807) is 0 Å².